The maximum Gasteiger partial charge on any atom is 0.368 e. The number of carbonyl (C=O) groups is 3. The van der Waals surface area contributed by atoms with Crippen LogP contribution in [0.25, 0.3) is 10.9 Å². The number of likely N-dealkylation sites (tertiary alicyclic amines) is 1. The number of ether oxygens (including phenoxy) is 1. The zero-order chi connectivity index (χ0) is 31.7. The van der Waals surface area contributed by atoms with E-state index in [9.17, 15) is 37.5 Å². The molecule has 2 heterocycles. The van der Waals surface area contributed by atoms with Gasteiger partial charge >= 0.3 is 7.60 Å². The van der Waals surface area contributed by atoms with Gasteiger partial charge in [0, 0.05) is 41.7 Å². The summed E-state index contributed by atoms with van der Waals surface area (Å²) < 4.78 is 48.4. The molecule has 2 aromatic carbocycles. The minimum absolute atomic E-state index is 0.0246. The van der Waals surface area contributed by atoms with E-state index >= 15 is 0 Å². The molecule has 14 heteroatoms. The SMILES string of the molecule is CCC(CC)(Oc1ccc2c(C(C)=O)cn(CC(=O)N3C[C@H](F)C[C@H]3C(=O)NCc3cccc(Cl)c3F)c2c1)P(=O)(O)O. The van der Waals surface area contributed by atoms with E-state index in [2.05, 4.69) is 5.32 Å². The summed E-state index contributed by atoms with van der Waals surface area (Å²) in [5, 5.41) is 1.15. The van der Waals surface area contributed by atoms with Crippen molar-refractivity contribution in [2.45, 2.75) is 70.7 Å². The molecule has 10 nitrogen and oxygen atoms in total. The maximum atomic E-state index is 14.5. The Kier molecular flexibility index (Phi) is 9.66. The molecule has 0 radical (unpaired) electrons. The van der Waals surface area contributed by atoms with E-state index in [1.165, 1.54) is 48.0 Å². The Hall–Kier alpha value is -3.31. The number of carbonyl (C=O) groups excluding carboxylic acids is 3. The minimum Gasteiger partial charge on any atom is -0.475 e. The van der Waals surface area contributed by atoms with Crippen LogP contribution in [0, 0.1) is 5.82 Å². The second kappa shape index (κ2) is 12.7. The maximum absolute atomic E-state index is 14.5. The molecule has 3 N–H and O–H groups in total. The number of halogens is 3. The molecule has 2 amide bonds. The number of rotatable bonds is 11. The third kappa shape index (κ3) is 6.62. The van der Waals surface area contributed by atoms with Crippen LogP contribution in [0.3, 0.4) is 0 Å². The largest absolute Gasteiger partial charge is 0.475 e. The van der Waals surface area contributed by atoms with Crippen molar-refractivity contribution >= 4 is 47.7 Å². The summed E-state index contributed by atoms with van der Waals surface area (Å²) in [5.41, 5.74) is 0.802. The lowest BCUT2D eigenvalue weighted by molar-refractivity contribution is -0.139. The standard InChI is InChI=1S/C29H33ClF2N3O7P/c1-4-29(5-2,43(39,40)41)42-20-9-10-21-22(17(3)36)15-34(24(21)12-20)16-26(37)35-14-19(31)11-25(35)28(38)33-13-18-7-6-8-23(30)27(18)32/h6-10,12,15,19,25H,4-5,11,13-14,16H2,1-3H3,(H,33,38)(H2,39,40,41)/t19-,25+/m1/s1. The summed E-state index contributed by atoms with van der Waals surface area (Å²) in [6.45, 7) is 3.66. The minimum atomic E-state index is -4.69. The third-order valence-electron chi connectivity index (χ3n) is 7.84. The van der Waals surface area contributed by atoms with Crippen molar-refractivity contribution in [1.82, 2.24) is 14.8 Å². The molecule has 1 aliphatic heterocycles. The molecular weight excluding hydrogens is 607 g/mol. The summed E-state index contributed by atoms with van der Waals surface area (Å²) >= 11 is 5.80. The van der Waals surface area contributed by atoms with Gasteiger partial charge in [-0.3, -0.25) is 18.9 Å². The lowest BCUT2D eigenvalue weighted by Gasteiger charge is -2.33. The first-order valence-corrected chi connectivity index (χ1v) is 15.7. The number of Topliss-reactive ketones (excluding diaryl/α,β-unsaturated/α-hetero) is 1. The van der Waals surface area contributed by atoms with E-state index in [1.54, 1.807) is 19.9 Å². The molecule has 3 aromatic rings. The van der Waals surface area contributed by atoms with Crippen molar-refractivity contribution in [2.24, 2.45) is 0 Å². The van der Waals surface area contributed by atoms with Gasteiger partial charge in [0.2, 0.25) is 17.2 Å². The van der Waals surface area contributed by atoms with Crippen LogP contribution in [-0.4, -0.2) is 61.0 Å². The number of benzene rings is 2. The molecule has 1 saturated heterocycles. The smallest absolute Gasteiger partial charge is 0.368 e. The number of hydrogen-bond donors (Lipinski definition) is 3. The molecule has 1 fully saturated rings. The second-order valence-corrected chi connectivity index (χ2v) is 12.8. The van der Waals surface area contributed by atoms with E-state index in [4.69, 9.17) is 16.3 Å². The molecule has 0 spiro atoms. The number of aromatic nitrogens is 1. The average molecular weight is 640 g/mol. The number of nitrogens with one attached hydrogen (secondary N) is 1. The van der Waals surface area contributed by atoms with Crippen LogP contribution in [0.4, 0.5) is 8.78 Å². The van der Waals surface area contributed by atoms with Gasteiger partial charge in [-0.05, 0) is 38.0 Å². The molecular formula is C29H33ClF2N3O7P. The second-order valence-electron chi connectivity index (χ2n) is 10.5. The van der Waals surface area contributed by atoms with Gasteiger partial charge in [0.15, 0.2) is 5.78 Å². The van der Waals surface area contributed by atoms with Crippen molar-refractivity contribution in [3.05, 3.63) is 64.6 Å². The summed E-state index contributed by atoms with van der Waals surface area (Å²) in [7, 11) is -4.69. The van der Waals surface area contributed by atoms with Crippen molar-refractivity contribution in [2.75, 3.05) is 6.54 Å². The monoisotopic (exact) mass is 639 g/mol. The summed E-state index contributed by atoms with van der Waals surface area (Å²) in [4.78, 5) is 59.9. The van der Waals surface area contributed by atoms with Crippen LogP contribution >= 0.6 is 19.2 Å². The molecule has 0 aliphatic carbocycles. The molecule has 4 rings (SSSR count). The number of fused-ring (bicyclic) bond motifs is 1. The van der Waals surface area contributed by atoms with Gasteiger partial charge < -0.3 is 29.3 Å². The Bertz CT molecular complexity index is 1600. The Morgan fingerprint density at radius 1 is 1.19 bits per heavy atom. The lowest BCUT2D eigenvalue weighted by atomic mass is 10.1. The fourth-order valence-electron chi connectivity index (χ4n) is 5.36. The van der Waals surface area contributed by atoms with Gasteiger partial charge in [-0.15, -0.1) is 0 Å². The average Bonchev–Trinajstić information content (AvgIpc) is 3.52. The Labute approximate surface area is 252 Å². The highest BCUT2D eigenvalue weighted by molar-refractivity contribution is 7.53. The van der Waals surface area contributed by atoms with E-state index < -0.39 is 42.8 Å². The van der Waals surface area contributed by atoms with Gasteiger partial charge in [-0.1, -0.05) is 37.6 Å². The normalized spacial score (nSPS) is 17.3. The van der Waals surface area contributed by atoms with Gasteiger partial charge in [-0.25, -0.2) is 8.78 Å². The van der Waals surface area contributed by atoms with Crippen molar-refractivity contribution in [1.29, 1.82) is 0 Å². The molecule has 1 aliphatic rings. The quantitative estimate of drug-likeness (QED) is 0.199. The lowest BCUT2D eigenvalue weighted by Crippen LogP contribution is -2.46. The molecule has 0 saturated carbocycles. The van der Waals surface area contributed by atoms with Gasteiger partial charge in [0.1, 0.15) is 30.3 Å². The molecule has 43 heavy (non-hydrogen) atoms. The third-order valence-corrected chi connectivity index (χ3v) is 9.92. The Balaban J connectivity index is 1.60. The van der Waals surface area contributed by atoms with Crippen molar-refractivity contribution < 1.29 is 42.3 Å². The zero-order valence-electron chi connectivity index (χ0n) is 23.8. The van der Waals surface area contributed by atoms with Crippen LogP contribution in [0.2, 0.25) is 5.02 Å². The highest BCUT2D eigenvalue weighted by Crippen LogP contribution is 2.55. The number of hydrogen-bond acceptors (Lipinski definition) is 5. The molecule has 1 aromatic heterocycles. The number of nitrogens with zero attached hydrogens (tertiary/aromatic N) is 2. The van der Waals surface area contributed by atoms with Crippen LogP contribution in [0.1, 0.15) is 56.0 Å². The van der Waals surface area contributed by atoms with Gasteiger partial charge in [-0.2, -0.15) is 0 Å². The molecule has 0 unspecified atom stereocenters. The van der Waals surface area contributed by atoms with Gasteiger partial charge in [0.05, 0.1) is 17.1 Å². The Morgan fingerprint density at radius 3 is 2.51 bits per heavy atom. The van der Waals surface area contributed by atoms with Gasteiger partial charge in [0.25, 0.3) is 0 Å². The number of amides is 2. The zero-order valence-corrected chi connectivity index (χ0v) is 25.5. The molecule has 2 atom stereocenters. The van der Waals surface area contributed by atoms with Crippen LogP contribution < -0.4 is 10.1 Å². The van der Waals surface area contributed by atoms with Crippen LogP contribution in [0.5, 0.6) is 5.75 Å². The van der Waals surface area contributed by atoms with Crippen molar-refractivity contribution in [3.8, 4) is 5.75 Å². The summed E-state index contributed by atoms with van der Waals surface area (Å²) in [6, 6.07) is 7.74. The van der Waals surface area contributed by atoms with E-state index in [0.717, 1.165) is 4.90 Å². The topological polar surface area (TPSA) is 138 Å². The fourth-order valence-corrected chi connectivity index (χ4v) is 6.60. The first-order chi connectivity index (χ1) is 20.2. The molecule has 0 bridgehead atoms. The highest BCUT2D eigenvalue weighted by Gasteiger charge is 2.46. The van der Waals surface area contributed by atoms with E-state index in [0.29, 0.717) is 16.5 Å². The summed E-state index contributed by atoms with van der Waals surface area (Å²) in [5.74, 6) is -2.10. The van der Waals surface area contributed by atoms with E-state index in [1.807, 2.05) is 0 Å². The predicted octanol–water partition coefficient (Wildman–Crippen LogP) is 4.96. The first kappa shape index (κ1) is 32.6. The summed E-state index contributed by atoms with van der Waals surface area (Å²) in [6.07, 6.45) is -0.185. The first-order valence-electron chi connectivity index (χ1n) is 13.7. The number of alkyl halides is 1. The Morgan fingerprint density at radius 2 is 1.88 bits per heavy atom. The fraction of sp³-hybridized carbons (Fsp3) is 0.414. The number of ketones is 1. The predicted molar refractivity (Wildman–Crippen MR) is 156 cm³/mol. The van der Waals surface area contributed by atoms with Crippen molar-refractivity contribution in [3.63, 3.8) is 0 Å². The van der Waals surface area contributed by atoms with Crippen LogP contribution in [-0.2, 0) is 27.2 Å². The highest BCUT2D eigenvalue weighted by atomic mass is 35.5. The molecule has 232 valence electrons. The van der Waals surface area contributed by atoms with Crippen LogP contribution in [0.15, 0.2) is 42.6 Å². The van der Waals surface area contributed by atoms with E-state index in [-0.39, 0.29) is 61.0 Å².